The maximum atomic E-state index is 5.16. The first-order valence-corrected chi connectivity index (χ1v) is 4.65. The van der Waals surface area contributed by atoms with Crippen LogP contribution in [0.2, 0.25) is 0 Å². The summed E-state index contributed by atoms with van der Waals surface area (Å²) >= 11 is 0. The van der Waals surface area contributed by atoms with Gasteiger partial charge in [0.25, 0.3) is 0 Å². The zero-order chi connectivity index (χ0) is 9.68. The summed E-state index contributed by atoms with van der Waals surface area (Å²) in [4.78, 5) is 0. The van der Waals surface area contributed by atoms with Crippen LogP contribution in [0.15, 0.2) is 6.07 Å². The molecule has 3 heteroatoms. The lowest BCUT2D eigenvalue weighted by atomic mass is 10.2. The van der Waals surface area contributed by atoms with Gasteiger partial charge >= 0.3 is 0 Å². The SMILES string of the molecule is CCCCc1cc(OC)c(C)nn1. The fraction of sp³-hybridized carbons (Fsp3) is 0.600. The second kappa shape index (κ2) is 4.80. The summed E-state index contributed by atoms with van der Waals surface area (Å²) in [5.74, 6) is 0.834. The van der Waals surface area contributed by atoms with Crippen LogP contribution in [0.1, 0.15) is 31.2 Å². The quantitative estimate of drug-likeness (QED) is 0.712. The normalized spacial score (nSPS) is 10.1. The molecule has 0 aliphatic carbocycles. The van der Waals surface area contributed by atoms with Gasteiger partial charge in [-0.2, -0.15) is 10.2 Å². The summed E-state index contributed by atoms with van der Waals surface area (Å²) < 4.78 is 5.16. The van der Waals surface area contributed by atoms with Gasteiger partial charge in [0.2, 0.25) is 0 Å². The van der Waals surface area contributed by atoms with Gasteiger partial charge in [-0.1, -0.05) is 13.3 Å². The molecule has 0 aliphatic rings. The van der Waals surface area contributed by atoms with Crippen LogP contribution in [0.4, 0.5) is 0 Å². The Hall–Kier alpha value is -1.12. The van der Waals surface area contributed by atoms with E-state index in [-0.39, 0.29) is 0 Å². The largest absolute Gasteiger partial charge is 0.495 e. The maximum Gasteiger partial charge on any atom is 0.143 e. The minimum atomic E-state index is 0.834. The Morgan fingerprint density at radius 1 is 1.38 bits per heavy atom. The van der Waals surface area contributed by atoms with Crippen molar-refractivity contribution >= 4 is 0 Å². The molecule has 72 valence electrons. The number of aromatic nitrogens is 2. The van der Waals surface area contributed by atoms with E-state index in [0.29, 0.717) is 0 Å². The van der Waals surface area contributed by atoms with Crippen molar-refractivity contribution in [2.45, 2.75) is 33.1 Å². The molecule has 0 N–H and O–H groups in total. The second-order valence-electron chi connectivity index (χ2n) is 3.09. The lowest BCUT2D eigenvalue weighted by molar-refractivity contribution is 0.406. The van der Waals surface area contributed by atoms with Crippen molar-refractivity contribution in [2.24, 2.45) is 0 Å². The van der Waals surface area contributed by atoms with Crippen LogP contribution in [0.25, 0.3) is 0 Å². The van der Waals surface area contributed by atoms with E-state index in [0.717, 1.165) is 30.0 Å². The van der Waals surface area contributed by atoms with Crippen LogP contribution in [-0.2, 0) is 6.42 Å². The lowest BCUT2D eigenvalue weighted by Gasteiger charge is -2.04. The Labute approximate surface area is 79.1 Å². The molecule has 1 heterocycles. The molecule has 1 aromatic rings. The molecule has 0 atom stereocenters. The van der Waals surface area contributed by atoms with Crippen molar-refractivity contribution in [1.82, 2.24) is 10.2 Å². The number of aryl methyl sites for hydroxylation is 2. The van der Waals surface area contributed by atoms with Crippen LogP contribution in [0.5, 0.6) is 5.75 Å². The summed E-state index contributed by atoms with van der Waals surface area (Å²) in [6.45, 7) is 4.06. The Bertz CT molecular complexity index is 274. The molecule has 0 radical (unpaired) electrons. The molecular weight excluding hydrogens is 164 g/mol. The average molecular weight is 180 g/mol. The number of methoxy groups -OCH3 is 1. The van der Waals surface area contributed by atoms with Gasteiger partial charge in [0, 0.05) is 6.07 Å². The van der Waals surface area contributed by atoms with Crippen molar-refractivity contribution in [1.29, 1.82) is 0 Å². The molecule has 0 aliphatic heterocycles. The minimum Gasteiger partial charge on any atom is -0.495 e. The highest BCUT2D eigenvalue weighted by Gasteiger charge is 2.02. The molecular formula is C10H16N2O. The Kier molecular flexibility index (Phi) is 3.68. The third kappa shape index (κ3) is 2.68. The van der Waals surface area contributed by atoms with Gasteiger partial charge in [0.15, 0.2) is 0 Å². The predicted molar refractivity (Wildman–Crippen MR) is 51.9 cm³/mol. The van der Waals surface area contributed by atoms with Gasteiger partial charge in [0.05, 0.1) is 12.8 Å². The second-order valence-corrected chi connectivity index (χ2v) is 3.09. The summed E-state index contributed by atoms with van der Waals surface area (Å²) in [7, 11) is 1.66. The van der Waals surface area contributed by atoms with E-state index >= 15 is 0 Å². The van der Waals surface area contributed by atoms with Gasteiger partial charge in [-0.3, -0.25) is 0 Å². The van der Waals surface area contributed by atoms with Crippen LogP contribution in [0.3, 0.4) is 0 Å². The lowest BCUT2D eigenvalue weighted by Crippen LogP contribution is -1.98. The third-order valence-corrected chi connectivity index (χ3v) is 1.99. The molecule has 0 fully saturated rings. The molecule has 0 amide bonds. The molecule has 13 heavy (non-hydrogen) atoms. The Balaban J connectivity index is 2.74. The fourth-order valence-electron chi connectivity index (χ4n) is 1.16. The zero-order valence-corrected chi connectivity index (χ0v) is 8.50. The van der Waals surface area contributed by atoms with Gasteiger partial charge in [-0.15, -0.1) is 0 Å². The van der Waals surface area contributed by atoms with Crippen LogP contribution >= 0.6 is 0 Å². The number of unbranched alkanes of at least 4 members (excludes halogenated alkanes) is 1. The van der Waals surface area contributed by atoms with Crippen LogP contribution < -0.4 is 4.74 Å². The van der Waals surface area contributed by atoms with E-state index in [1.165, 1.54) is 6.42 Å². The average Bonchev–Trinajstić information content (AvgIpc) is 2.16. The zero-order valence-electron chi connectivity index (χ0n) is 8.50. The molecule has 1 aromatic heterocycles. The summed E-state index contributed by atoms with van der Waals surface area (Å²) in [6.07, 6.45) is 3.32. The molecule has 0 unspecified atom stereocenters. The molecule has 0 spiro atoms. The smallest absolute Gasteiger partial charge is 0.143 e. The topological polar surface area (TPSA) is 35.0 Å². The van der Waals surface area contributed by atoms with Crippen LogP contribution in [-0.4, -0.2) is 17.3 Å². The molecule has 3 nitrogen and oxygen atoms in total. The van der Waals surface area contributed by atoms with Gasteiger partial charge in [-0.05, 0) is 19.8 Å². The molecule has 0 saturated heterocycles. The number of nitrogens with zero attached hydrogens (tertiary/aromatic N) is 2. The molecule has 0 saturated carbocycles. The highest BCUT2D eigenvalue weighted by Crippen LogP contribution is 2.15. The highest BCUT2D eigenvalue weighted by atomic mass is 16.5. The first kappa shape index (κ1) is 9.96. The molecule has 0 aromatic carbocycles. The molecule has 1 rings (SSSR count). The third-order valence-electron chi connectivity index (χ3n) is 1.99. The Morgan fingerprint density at radius 3 is 2.77 bits per heavy atom. The minimum absolute atomic E-state index is 0.834. The van der Waals surface area contributed by atoms with E-state index in [9.17, 15) is 0 Å². The number of hydrogen-bond donors (Lipinski definition) is 0. The number of rotatable bonds is 4. The highest BCUT2D eigenvalue weighted by molar-refractivity contribution is 5.26. The van der Waals surface area contributed by atoms with Gasteiger partial charge in [0.1, 0.15) is 11.4 Å². The van der Waals surface area contributed by atoms with Crippen molar-refractivity contribution < 1.29 is 4.74 Å². The summed E-state index contributed by atoms with van der Waals surface area (Å²) in [5, 5.41) is 8.12. The monoisotopic (exact) mass is 180 g/mol. The first-order chi connectivity index (χ1) is 6.27. The summed E-state index contributed by atoms with van der Waals surface area (Å²) in [6, 6.07) is 1.97. The fourth-order valence-corrected chi connectivity index (χ4v) is 1.16. The standard InChI is InChI=1S/C10H16N2O/c1-4-5-6-9-7-10(13-3)8(2)11-12-9/h7H,4-6H2,1-3H3. The van der Waals surface area contributed by atoms with E-state index in [4.69, 9.17) is 4.74 Å². The van der Waals surface area contributed by atoms with Crippen LogP contribution in [0, 0.1) is 6.92 Å². The number of hydrogen-bond acceptors (Lipinski definition) is 3. The Morgan fingerprint density at radius 2 is 2.15 bits per heavy atom. The summed E-state index contributed by atoms with van der Waals surface area (Å²) in [5.41, 5.74) is 1.87. The van der Waals surface area contributed by atoms with E-state index in [1.807, 2.05) is 13.0 Å². The maximum absolute atomic E-state index is 5.16. The van der Waals surface area contributed by atoms with E-state index in [1.54, 1.807) is 7.11 Å². The van der Waals surface area contributed by atoms with Gasteiger partial charge in [-0.25, -0.2) is 0 Å². The molecule has 0 bridgehead atoms. The predicted octanol–water partition coefficient (Wildman–Crippen LogP) is 2.14. The van der Waals surface area contributed by atoms with E-state index in [2.05, 4.69) is 17.1 Å². The first-order valence-electron chi connectivity index (χ1n) is 4.65. The van der Waals surface area contributed by atoms with Crippen molar-refractivity contribution in [3.63, 3.8) is 0 Å². The van der Waals surface area contributed by atoms with Crippen molar-refractivity contribution in [3.8, 4) is 5.75 Å². The van der Waals surface area contributed by atoms with Crippen molar-refractivity contribution in [2.75, 3.05) is 7.11 Å². The number of ether oxygens (including phenoxy) is 1. The van der Waals surface area contributed by atoms with Crippen molar-refractivity contribution in [3.05, 3.63) is 17.5 Å². The van der Waals surface area contributed by atoms with E-state index < -0.39 is 0 Å². The van der Waals surface area contributed by atoms with Gasteiger partial charge < -0.3 is 4.74 Å².